The second kappa shape index (κ2) is 11.2. The van der Waals surface area contributed by atoms with Crippen molar-refractivity contribution in [2.45, 2.75) is 50.8 Å². The van der Waals surface area contributed by atoms with Gasteiger partial charge in [0, 0.05) is 25.3 Å². The number of hydrogen-bond donors (Lipinski definition) is 7. The standard InChI is InChI=1S/C25H32N4O6/c1-13-2-3-16-8-14(4-6-21(16)31)15-5-7-22(32)17(9-15)10-19(23(27)33)28-25(35)20(29-24(13)34)11-18(30)12-26/h4-9,13,18-20,30-32H,2-3,10-12,26H2,1H3,(H2,27,33)(H,28,35)(H,29,34)/t13?,18-,19+,20+/m1/s1. The minimum Gasteiger partial charge on any atom is -0.508 e. The summed E-state index contributed by atoms with van der Waals surface area (Å²) in [6, 6.07) is 7.67. The molecule has 9 N–H and O–H groups in total. The van der Waals surface area contributed by atoms with Crippen molar-refractivity contribution in [2.75, 3.05) is 6.54 Å². The zero-order valence-electron chi connectivity index (χ0n) is 19.5. The van der Waals surface area contributed by atoms with Gasteiger partial charge in [0.2, 0.25) is 17.7 Å². The minimum absolute atomic E-state index is 0.0772. The normalized spacial score (nSPS) is 22.1. The van der Waals surface area contributed by atoms with E-state index in [2.05, 4.69) is 10.6 Å². The Morgan fingerprint density at radius 1 is 1.03 bits per heavy atom. The molecule has 0 fully saturated rings. The first-order chi connectivity index (χ1) is 16.6. The van der Waals surface area contributed by atoms with E-state index in [0.717, 1.165) is 11.1 Å². The molecular weight excluding hydrogens is 452 g/mol. The fraction of sp³-hybridized carbons (Fsp3) is 0.400. The maximum Gasteiger partial charge on any atom is 0.243 e. The number of nitrogens with two attached hydrogens (primary N) is 2. The number of benzene rings is 2. The van der Waals surface area contributed by atoms with Gasteiger partial charge in [0.05, 0.1) is 6.10 Å². The van der Waals surface area contributed by atoms with Crippen molar-refractivity contribution in [1.82, 2.24) is 10.6 Å². The lowest BCUT2D eigenvalue weighted by Gasteiger charge is -2.25. The highest BCUT2D eigenvalue weighted by Crippen LogP contribution is 2.31. The van der Waals surface area contributed by atoms with Crippen LogP contribution in [0.2, 0.25) is 0 Å². The molecule has 3 rings (SSSR count). The third kappa shape index (κ3) is 6.49. The Bertz CT molecular complexity index is 1110. The van der Waals surface area contributed by atoms with E-state index in [4.69, 9.17) is 11.5 Å². The van der Waals surface area contributed by atoms with Crippen LogP contribution in [0, 0.1) is 5.92 Å². The molecule has 0 saturated heterocycles. The topological polar surface area (TPSA) is 188 Å². The van der Waals surface area contributed by atoms with Gasteiger partial charge in [0.1, 0.15) is 23.6 Å². The molecule has 2 aromatic rings. The highest BCUT2D eigenvalue weighted by atomic mass is 16.3. The van der Waals surface area contributed by atoms with Crippen LogP contribution in [0.1, 0.15) is 30.9 Å². The summed E-state index contributed by atoms with van der Waals surface area (Å²) in [5.74, 6) is -2.44. The molecule has 0 aliphatic carbocycles. The number of aliphatic hydroxyl groups is 1. The Morgan fingerprint density at radius 3 is 2.23 bits per heavy atom. The Labute approximate surface area is 203 Å². The van der Waals surface area contributed by atoms with Gasteiger partial charge in [-0.3, -0.25) is 14.4 Å². The molecule has 0 aromatic heterocycles. The van der Waals surface area contributed by atoms with Crippen LogP contribution in [0.4, 0.5) is 0 Å². The van der Waals surface area contributed by atoms with E-state index < -0.39 is 41.8 Å². The predicted octanol–water partition coefficient (Wildman–Crippen LogP) is 0.0542. The summed E-state index contributed by atoms with van der Waals surface area (Å²) in [7, 11) is 0. The number of phenolic OH excluding ortho intramolecular Hbond substituents is 2. The average molecular weight is 485 g/mol. The van der Waals surface area contributed by atoms with Crippen molar-refractivity contribution < 1.29 is 29.7 Å². The van der Waals surface area contributed by atoms with Crippen LogP contribution in [0.3, 0.4) is 0 Å². The third-order valence-corrected chi connectivity index (χ3v) is 6.28. The molecule has 0 radical (unpaired) electrons. The van der Waals surface area contributed by atoms with Crippen molar-refractivity contribution in [3.63, 3.8) is 0 Å². The average Bonchev–Trinajstić information content (AvgIpc) is 2.82. The van der Waals surface area contributed by atoms with E-state index in [1.165, 1.54) is 6.07 Å². The molecule has 1 aliphatic rings. The molecule has 10 heteroatoms. The number of rotatable bonds is 4. The highest BCUT2D eigenvalue weighted by molar-refractivity contribution is 5.92. The van der Waals surface area contributed by atoms with Gasteiger partial charge in [-0.1, -0.05) is 19.1 Å². The predicted molar refractivity (Wildman–Crippen MR) is 129 cm³/mol. The Balaban J connectivity index is 2.05. The first kappa shape index (κ1) is 26.0. The SMILES string of the molecule is CC1CCc2cc(ccc2O)-c2ccc(O)c(c2)C[C@@H](C(N)=O)NC(=O)[C@H](C[C@@H](O)CN)NC1=O. The number of carbonyl (C=O) groups excluding carboxylic acids is 3. The summed E-state index contributed by atoms with van der Waals surface area (Å²) in [6.07, 6.45) is -0.510. The van der Waals surface area contributed by atoms with Gasteiger partial charge in [-0.15, -0.1) is 0 Å². The smallest absolute Gasteiger partial charge is 0.243 e. The van der Waals surface area contributed by atoms with Crippen molar-refractivity contribution in [1.29, 1.82) is 0 Å². The zero-order chi connectivity index (χ0) is 25.7. The molecule has 4 atom stereocenters. The fourth-order valence-corrected chi connectivity index (χ4v) is 4.03. The van der Waals surface area contributed by atoms with Crippen molar-refractivity contribution in [2.24, 2.45) is 17.4 Å². The van der Waals surface area contributed by atoms with Gasteiger partial charge in [-0.05, 0) is 59.4 Å². The highest BCUT2D eigenvalue weighted by Gasteiger charge is 2.29. The van der Waals surface area contributed by atoms with Crippen LogP contribution in [0.15, 0.2) is 36.4 Å². The van der Waals surface area contributed by atoms with E-state index in [1.807, 2.05) is 6.07 Å². The molecule has 35 heavy (non-hydrogen) atoms. The number of carbonyl (C=O) groups is 3. The van der Waals surface area contributed by atoms with E-state index >= 15 is 0 Å². The molecule has 2 aromatic carbocycles. The number of aliphatic hydroxyl groups excluding tert-OH is 1. The van der Waals surface area contributed by atoms with Crippen LogP contribution in [0.25, 0.3) is 11.1 Å². The number of aromatic hydroxyl groups is 2. The molecule has 1 unspecified atom stereocenters. The monoisotopic (exact) mass is 484 g/mol. The van der Waals surface area contributed by atoms with Gasteiger partial charge in [-0.25, -0.2) is 0 Å². The lowest BCUT2D eigenvalue weighted by Crippen LogP contribution is -2.55. The summed E-state index contributed by atoms with van der Waals surface area (Å²) < 4.78 is 0. The molecule has 1 aliphatic heterocycles. The second-order valence-corrected chi connectivity index (χ2v) is 8.98. The Kier molecular flexibility index (Phi) is 8.31. The van der Waals surface area contributed by atoms with Gasteiger partial charge < -0.3 is 37.4 Å². The quantitative estimate of drug-likeness (QED) is 0.319. The van der Waals surface area contributed by atoms with Crippen molar-refractivity contribution in [3.05, 3.63) is 47.5 Å². The van der Waals surface area contributed by atoms with Crippen molar-refractivity contribution in [3.8, 4) is 22.6 Å². The number of aryl methyl sites for hydroxylation is 1. The van der Waals surface area contributed by atoms with Gasteiger partial charge >= 0.3 is 0 Å². The Hall–Kier alpha value is -3.63. The van der Waals surface area contributed by atoms with Crippen LogP contribution in [-0.4, -0.2) is 57.8 Å². The summed E-state index contributed by atoms with van der Waals surface area (Å²) in [4.78, 5) is 38.0. The summed E-state index contributed by atoms with van der Waals surface area (Å²) in [5, 5.41) is 35.9. The molecule has 0 saturated carbocycles. The van der Waals surface area contributed by atoms with Gasteiger partial charge in [-0.2, -0.15) is 0 Å². The van der Waals surface area contributed by atoms with Crippen LogP contribution >= 0.6 is 0 Å². The summed E-state index contributed by atoms with van der Waals surface area (Å²) >= 11 is 0. The Morgan fingerprint density at radius 2 is 1.63 bits per heavy atom. The summed E-state index contributed by atoms with van der Waals surface area (Å²) in [6.45, 7) is 1.58. The third-order valence-electron chi connectivity index (χ3n) is 6.28. The van der Waals surface area contributed by atoms with Crippen molar-refractivity contribution >= 4 is 17.7 Å². The zero-order valence-corrected chi connectivity index (χ0v) is 19.5. The molecule has 10 nitrogen and oxygen atoms in total. The molecule has 4 bridgehead atoms. The lowest BCUT2D eigenvalue weighted by atomic mass is 9.94. The summed E-state index contributed by atoms with van der Waals surface area (Å²) in [5.41, 5.74) is 13.6. The molecular formula is C25H32N4O6. The molecule has 0 spiro atoms. The largest absolute Gasteiger partial charge is 0.508 e. The number of amides is 3. The van der Waals surface area contributed by atoms with Crippen LogP contribution in [-0.2, 0) is 27.2 Å². The maximum absolute atomic E-state index is 13.0. The first-order valence-electron chi connectivity index (χ1n) is 11.5. The number of fused-ring (bicyclic) bond motifs is 5. The van der Waals surface area contributed by atoms with Crippen LogP contribution in [0.5, 0.6) is 11.5 Å². The van der Waals surface area contributed by atoms with E-state index in [9.17, 15) is 29.7 Å². The van der Waals surface area contributed by atoms with E-state index in [-0.39, 0.29) is 30.9 Å². The fourth-order valence-electron chi connectivity index (χ4n) is 4.03. The number of phenols is 2. The lowest BCUT2D eigenvalue weighted by molar-refractivity contribution is -0.133. The maximum atomic E-state index is 13.0. The number of nitrogens with one attached hydrogen (secondary N) is 2. The van der Waals surface area contributed by atoms with E-state index in [0.29, 0.717) is 24.0 Å². The van der Waals surface area contributed by atoms with Gasteiger partial charge in [0.15, 0.2) is 0 Å². The molecule has 3 amide bonds. The molecule has 1 heterocycles. The number of primary amides is 1. The first-order valence-corrected chi connectivity index (χ1v) is 11.5. The van der Waals surface area contributed by atoms with Gasteiger partial charge in [0.25, 0.3) is 0 Å². The van der Waals surface area contributed by atoms with Crippen LogP contribution < -0.4 is 22.1 Å². The number of hydrogen-bond acceptors (Lipinski definition) is 7. The second-order valence-electron chi connectivity index (χ2n) is 8.98. The molecule has 188 valence electrons. The van der Waals surface area contributed by atoms with E-state index in [1.54, 1.807) is 31.2 Å². The minimum atomic E-state index is -1.18.